The normalized spacial score (nSPS) is 12.8. The van der Waals surface area contributed by atoms with Crippen LogP contribution in [0.5, 0.6) is 0 Å². The Kier molecular flexibility index (Phi) is 1.57. The van der Waals surface area contributed by atoms with E-state index in [2.05, 4.69) is 28.8 Å². The van der Waals surface area contributed by atoms with Crippen LogP contribution in [-0.4, -0.2) is 4.57 Å². The molecule has 2 heteroatoms. The molecule has 0 amide bonds. The van der Waals surface area contributed by atoms with Crippen LogP contribution < -0.4 is 0 Å². The van der Waals surface area contributed by atoms with E-state index in [4.69, 9.17) is 0 Å². The molecular weight excluding hydrogens is 213 g/mol. The third-order valence-corrected chi connectivity index (χ3v) is 3.49. The average Bonchev–Trinajstić information content (AvgIpc) is 2.84. The molecule has 82 valence electrons. The lowest BCUT2D eigenvalue weighted by Gasteiger charge is -2.00. The topological polar surface area (TPSA) is 4.93 Å². The van der Waals surface area contributed by atoms with Gasteiger partial charge in [0.25, 0.3) is 0 Å². The first kappa shape index (κ1) is 8.99. The Bertz CT molecular complexity index is 740. The van der Waals surface area contributed by atoms with Gasteiger partial charge in [0.05, 0.1) is 0 Å². The highest BCUT2D eigenvalue weighted by molar-refractivity contribution is 5.89. The van der Waals surface area contributed by atoms with Gasteiger partial charge in [-0.2, -0.15) is 0 Å². The molecular formula is C15H10FN. The van der Waals surface area contributed by atoms with Crippen molar-refractivity contribution in [2.24, 2.45) is 0 Å². The molecule has 0 fully saturated rings. The fourth-order valence-corrected chi connectivity index (χ4v) is 2.71. The standard InChI is InChI=1S/C15H10FN/c16-12-5-6-14-11(7-12)8-15-13-4-2-1-3-10(13)9-17(14)15/h1-8H,9H2. The molecule has 2 aromatic carbocycles. The van der Waals surface area contributed by atoms with Crippen molar-refractivity contribution < 1.29 is 4.39 Å². The molecule has 0 saturated heterocycles. The Morgan fingerprint density at radius 3 is 2.82 bits per heavy atom. The number of aromatic nitrogens is 1. The molecule has 2 heterocycles. The van der Waals surface area contributed by atoms with Crippen LogP contribution in [0.2, 0.25) is 0 Å². The summed E-state index contributed by atoms with van der Waals surface area (Å²) in [5, 5.41) is 0.981. The van der Waals surface area contributed by atoms with E-state index in [0.717, 1.165) is 17.4 Å². The predicted molar refractivity (Wildman–Crippen MR) is 66.4 cm³/mol. The predicted octanol–water partition coefficient (Wildman–Crippen LogP) is 3.81. The van der Waals surface area contributed by atoms with E-state index in [1.165, 1.54) is 22.9 Å². The number of nitrogens with zero attached hydrogens (tertiary/aromatic N) is 1. The lowest BCUT2D eigenvalue weighted by Crippen LogP contribution is -1.91. The van der Waals surface area contributed by atoms with Crippen LogP contribution in [0.3, 0.4) is 0 Å². The van der Waals surface area contributed by atoms with Gasteiger partial charge in [-0.1, -0.05) is 24.3 Å². The Labute approximate surface area is 98.1 Å². The average molecular weight is 223 g/mol. The molecule has 1 aromatic heterocycles. The molecule has 4 rings (SSSR count). The van der Waals surface area contributed by atoms with Crippen LogP contribution in [0.1, 0.15) is 5.56 Å². The largest absolute Gasteiger partial charge is 0.336 e. The van der Waals surface area contributed by atoms with Gasteiger partial charge in [-0.05, 0) is 29.8 Å². The van der Waals surface area contributed by atoms with E-state index in [1.807, 2.05) is 12.1 Å². The van der Waals surface area contributed by atoms with Gasteiger partial charge < -0.3 is 4.57 Å². The molecule has 0 radical (unpaired) electrons. The summed E-state index contributed by atoms with van der Waals surface area (Å²) in [7, 11) is 0. The van der Waals surface area contributed by atoms with Crippen LogP contribution in [0, 0.1) is 5.82 Å². The minimum absolute atomic E-state index is 0.171. The van der Waals surface area contributed by atoms with Crippen LogP contribution >= 0.6 is 0 Å². The van der Waals surface area contributed by atoms with Gasteiger partial charge in [-0.3, -0.25) is 0 Å². The molecule has 1 aliphatic heterocycles. The quantitative estimate of drug-likeness (QED) is 0.427. The first-order valence-electron chi connectivity index (χ1n) is 5.70. The molecule has 0 saturated carbocycles. The third-order valence-electron chi connectivity index (χ3n) is 3.49. The van der Waals surface area contributed by atoms with Gasteiger partial charge in [0.1, 0.15) is 5.82 Å². The second-order valence-corrected chi connectivity index (χ2v) is 4.48. The van der Waals surface area contributed by atoms with Crippen molar-refractivity contribution in [1.29, 1.82) is 0 Å². The number of fused-ring (bicyclic) bond motifs is 5. The number of rotatable bonds is 0. The summed E-state index contributed by atoms with van der Waals surface area (Å²) in [4.78, 5) is 0. The van der Waals surface area contributed by atoms with Crippen LogP contribution in [-0.2, 0) is 6.54 Å². The highest BCUT2D eigenvalue weighted by Gasteiger charge is 2.20. The molecule has 17 heavy (non-hydrogen) atoms. The molecule has 0 N–H and O–H groups in total. The monoisotopic (exact) mass is 223 g/mol. The van der Waals surface area contributed by atoms with Crippen molar-refractivity contribution in [3.8, 4) is 11.3 Å². The summed E-state index contributed by atoms with van der Waals surface area (Å²) in [5.74, 6) is -0.171. The number of hydrogen-bond donors (Lipinski definition) is 0. The Balaban J connectivity index is 2.08. The van der Waals surface area contributed by atoms with Crippen molar-refractivity contribution in [2.75, 3.05) is 0 Å². The number of halogens is 1. The zero-order valence-corrected chi connectivity index (χ0v) is 9.15. The number of hydrogen-bond acceptors (Lipinski definition) is 0. The summed E-state index contributed by atoms with van der Waals surface area (Å²) < 4.78 is 15.4. The lowest BCUT2D eigenvalue weighted by atomic mass is 10.1. The van der Waals surface area contributed by atoms with Crippen LogP contribution in [0.15, 0.2) is 48.5 Å². The van der Waals surface area contributed by atoms with E-state index in [1.54, 1.807) is 6.07 Å². The maximum atomic E-state index is 13.2. The molecule has 1 aliphatic rings. The second-order valence-electron chi connectivity index (χ2n) is 4.48. The smallest absolute Gasteiger partial charge is 0.123 e. The van der Waals surface area contributed by atoms with E-state index < -0.39 is 0 Å². The summed E-state index contributed by atoms with van der Waals surface area (Å²) in [6.45, 7) is 0.890. The zero-order valence-electron chi connectivity index (χ0n) is 9.15. The molecule has 0 aliphatic carbocycles. The van der Waals surface area contributed by atoms with Gasteiger partial charge in [-0.25, -0.2) is 4.39 Å². The lowest BCUT2D eigenvalue weighted by molar-refractivity contribution is 0.629. The van der Waals surface area contributed by atoms with Crippen molar-refractivity contribution in [3.05, 3.63) is 59.9 Å². The van der Waals surface area contributed by atoms with E-state index >= 15 is 0 Å². The van der Waals surface area contributed by atoms with Crippen LogP contribution in [0.4, 0.5) is 4.39 Å². The summed E-state index contributed by atoms with van der Waals surface area (Å²) in [5.41, 5.74) is 4.91. The third kappa shape index (κ3) is 1.12. The molecule has 0 atom stereocenters. The highest BCUT2D eigenvalue weighted by Crippen LogP contribution is 2.36. The van der Waals surface area contributed by atoms with Crippen molar-refractivity contribution in [3.63, 3.8) is 0 Å². The van der Waals surface area contributed by atoms with Crippen LogP contribution in [0.25, 0.3) is 22.2 Å². The minimum Gasteiger partial charge on any atom is -0.336 e. The fourth-order valence-electron chi connectivity index (χ4n) is 2.71. The SMILES string of the molecule is Fc1ccc2c(c1)cc1n2Cc2ccccc2-1. The summed E-state index contributed by atoms with van der Waals surface area (Å²) in [6, 6.07) is 15.5. The van der Waals surface area contributed by atoms with Gasteiger partial charge in [0.2, 0.25) is 0 Å². The minimum atomic E-state index is -0.171. The van der Waals surface area contributed by atoms with E-state index in [0.29, 0.717) is 0 Å². The first-order chi connectivity index (χ1) is 8.33. The fraction of sp³-hybridized carbons (Fsp3) is 0.0667. The maximum Gasteiger partial charge on any atom is 0.123 e. The molecule has 0 spiro atoms. The maximum absolute atomic E-state index is 13.2. The van der Waals surface area contributed by atoms with Gasteiger partial charge in [-0.15, -0.1) is 0 Å². The molecule has 0 bridgehead atoms. The zero-order chi connectivity index (χ0) is 11.4. The van der Waals surface area contributed by atoms with E-state index in [-0.39, 0.29) is 5.82 Å². The molecule has 1 nitrogen and oxygen atoms in total. The Morgan fingerprint density at radius 1 is 1.00 bits per heavy atom. The van der Waals surface area contributed by atoms with Gasteiger partial charge >= 0.3 is 0 Å². The van der Waals surface area contributed by atoms with Crippen molar-refractivity contribution in [1.82, 2.24) is 4.57 Å². The Morgan fingerprint density at radius 2 is 1.88 bits per heavy atom. The number of benzene rings is 2. The summed E-state index contributed by atoms with van der Waals surface area (Å²) in [6.07, 6.45) is 0. The van der Waals surface area contributed by atoms with Crippen molar-refractivity contribution in [2.45, 2.75) is 6.54 Å². The van der Waals surface area contributed by atoms with Gasteiger partial charge in [0, 0.05) is 28.7 Å². The molecule has 3 aromatic rings. The first-order valence-corrected chi connectivity index (χ1v) is 5.70. The second kappa shape index (κ2) is 2.98. The molecule has 0 unspecified atom stereocenters. The van der Waals surface area contributed by atoms with E-state index in [9.17, 15) is 4.39 Å². The Hall–Kier alpha value is -2.09. The summed E-state index contributed by atoms with van der Waals surface area (Å²) >= 11 is 0. The van der Waals surface area contributed by atoms with Gasteiger partial charge in [0.15, 0.2) is 0 Å². The van der Waals surface area contributed by atoms with Crippen molar-refractivity contribution >= 4 is 10.9 Å². The highest BCUT2D eigenvalue weighted by atomic mass is 19.1.